The normalized spacial score (nSPS) is 15.4. The van der Waals surface area contributed by atoms with Gasteiger partial charge in [-0.3, -0.25) is 0 Å². The van der Waals surface area contributed by atoms with Crippen molar-refractivity contribution in [1.82, 2.24) is 0 Å². The summed E-state index contributed by atoms with van der Waals surface area (Å²) in [6.07, 6.45) is 0. The third-order valence-electron chi connectivity index (χ3n) is 8.32. The number of hydrogen-bond acceptors (Lipinski definition) is 4. The van der Waals surface area contributed by atoms with Crippen LogP contribution in [0.25, 0.3) is 0 Å². The highest BCUT2D eigenvalue weighted by molar-refractivity contribution is 5.96. The van der Waals surface area contributed by atoms with Crippen LogP contribution in [0.2, 0.25) is 0 Å². The Morgan fingerprint density at radius 2 is 1.26 bits per heavy atom. The summed E-state index contributed by atoms with van der Waals surface area (Å²) in [5.41, 5.74) is 11.3. The van der Waals surface area contributed by atoms with Gasteiger partial charge in [0.1, 0.15) is 18.1 Å². The van der Waals surface area contributed by atoms with Crippen LogP contribution in [-0.2, 0) is 16.8 Å². The quantitative estimate of drug-likeness (QED) is 0.210. The molecule has 0 atom stereocenters. The molecule has 5 aromatic carbocycles. The predicted octanol–water partition coefficient (Wildman–Crippen LogP) is 8.25. The molecule has 3 aliphatic rings. The van der Waals surface area contributed by atoms with Crippen molar-refractivity contribution in [2.75, 3.05) is 4.90 Å². The standard InChI is InChI=1S/C35H25NO3/c1-21-11-15-30-28(17-21)35(26-7-3-5-9-32(26)39-33-10-6-4-8-27(33)35)29-18-22(2)12-16-31(29)36(30)24-13-14-25-23(19-24)20-38-34(25)37/h3-19H,20H2,1-2H3. The van der Waals surface area contributed by atoms with Crippen LogP contribution in [0.1, 0.15) is 49.3 Å². The molecular weight excluding hydrogens is 482 g/mol. The first-order valence-electron chi connectivity index (χ1n) is 13.2. The summed E-state index contributed by atoms with van der Waals surface area (Å²) in [6, 6.07) is 36.3. The highest BCUT2D eigenvalue weighted by Crippen LogP contribution is 2.62. The third kappa shape index (κ3) is 2.91. The molecule has 0 fully saturated rings. The molecule has 0 aromatic heterocycles. The number of aryl methyl sites for hydroxylation is 2. The topological polar surface area (TPSA) is 38.8 Å². The smallest absolute Gasteiger partial charge is 0.338 e. The molecule has 39 heavy (non-hydrogen) atoms. The van der Waals surface area contributed by atoms with Gasteiger partial charge in [-0.15, -0.1) is 0 Å². The number of anilines is 3. The first-order valence-corrected chi connectivity index (χ1v) is 13.2. The van der Waals surface area contributed by atoms with Crippen LogP contribution in [0.3, 0.4) is 0 Å². The van der Waals surface area contributed by atoms with Crippen LogP contribution in [0.4, 0.5) is 17.1 Å². The zero-order valence-electron chi connectivity index (χ0n) is 21.7. The van der Waals surface area contributed by atoms with Crippen molar-refractivity contribution < 1.29 is 14.3 Å². The number of para-hydroxylation sites is 2. The predicted molar refractivity (Wildman–Crippen MR) is 152 cm³/mol. The number of nitrogens with zero attached hydrogens (tertiary/aromatic N) is 1. The van der Waals surface area contributed by atoms with Gasteiger partial charge in [-0.1, -0.05) is 71.8 Å². The molecule has 0 aliphatic carbocycles. The Labute approximate surface area is 227 Å². The van der Waals surface area contributed by atoms with Crippen molar-refractivity contribution in [3.05, 3.63) is 148 Å². The lowest BCUT2D eigenvalue weighted by atomic mass is 9.61. The first kappa shape index (κ1) is 22.2. The lowest BCUT2D eigenvalue weighted by Crippen LogP contribution is -2.40. The van der Waals surface area contributed by atoms with E-state index in [1.165, 1.54) is 22.3 Å². The number of esters is 1. The van der Waals surface area contributed by atoms with E-state index in [1.807, 2.05) is 24.3 Å². The van der Waals surface area contributed by atoms with Gasteiger partial charge in [0.2, 0.25) is 0 Å². The lowest BCUT2D eigenvalue weighted by Gasteiger charge is -2.49. The van der Waals surface area contributed by atoms with Gasteiger partial charge in [0.25, 0.3) is 0 Å². The summed E-state index contributed by atoms with van der Waals surface area (Å²) in [7, 11) is 0. The van der Waals surface area contributed by atoms with Gasteiger partial charge in [0.15, 0.2) is 0 Å². The lowest BCUT2D eigenvalue weighted by molar-refractivity contribution is 0.0535. The van der Waals surface area contributed by atoms with Crippen molar-refractivity contribution in [1.29, 1.82) is 0 Å². The largest absolute Gasteiger partial charge is 0.457 e. The number of rotatable bonds is 1. The number of carbonyl (C=O) groups is 1. The Balaban J connectivity index is 1.52. The van der Waals surface area contributed by atoms with Gasteiger partial charge in [0, 0.05) is 22.4 Å². The Hall–Kier alpha value is -4.83. The minimum Gasteiger partial charge on any atom is -0.457 e. The molecule has 4 heteroatoms. The van der Waals surface area contributed by atoms with Gasteiger partial charge in [0.05, 0.1) is 22.4 Å². The SMILES string of the molecule is Cc1ccc2c(c1)C1(c3ccccc3Oc3ccccc31)c1cc(C)ccc1N2c1ccc2c(c1)COC2=O. The highest BCUT2D eigenvalue weighted by atomic mass is 16.5. The summed E-state index contributed by atoms with van der Waals surface area (Å²) >= 11 is 0. The summed E-state index contributed by atoms with van der Waals surface area (Å²) in [6.45, 7) is 4.61. The molecular formula is C35H25NO3. The van der Waals surface area contributed by atoms with Crippen LogP contribution in [0.5, 0.6) is 11.5 Å². The molecule has 1 spiro atoms. The van der Waals surface area contributed by atoms with Gasteiger partial charge >= 0.3 is 5.97 Å². The van der Waals surface area contributed by atoms with E-state index < -0.39 is 5.41 Å². The molecule has 0 bridgehead atoms. The maximum atomic E-state index is 12.2. The molecule has 3 aliphatic heterocycles. The fourth-order valence-electron chi connectivity index (χ4n) is 6.68. The van der Waals surface area contributed by atoms with Gasteiger partial charge < -0.3 is 14.4 Å². The van der Waals surface area contributed by atoms with E-state index in [4.69, 9.17) is 9.47 Å². The average Bonchev–Trinajstić information content (AvgIpc) is 3.33. The molecule has 5 aromatic rings. The molecule has 0 saturated heterocycles. The number of cyclic esters (lactones) is 1. The van der Waals surface area contributed by atoms with Crippen molar-refractivity contribution in [2.45, 2.75) is 25.9 Å². The molecule has 8 rings (SSSR count). The number of hydrogen-bond donors (Lipinski definition) is 0. The molecule has 188 valence electrons. The third-order valence-corrected chi connectivity index (χ3v) is 8.32. The molecule has 0 radical (unpaired) electrons. The molecule has 0 saturated carbocycles. The minimum absolute atomic E-state index is 0.253. The molecule has 3 heterocycles. The Bertz CT molecular complexity index is 1750. The minimum atomic E-state index is -0.569. The number of fused-ring (bicyclic) bond motifs is 9. The fourth-order valence-corrected chi connectivity index (χ4v) is 6.68. The van der Waals surface area contributed by atoms with Crippen molar-refractivity contribution >= 4 is 23.0 Å². The summed E-state index contributed by atoms with van der Waals surface area (Å²) in [5.74, 6) is 1.49. The molecule has 0 amide bonds. The fraction of sp³-hybridized carbons (Fsp3) is 0.114. The second-order valence-electron chi connectivity index (χ2n) is 10.6. The second kappa shape index (κ2) is 7.84. The highest BCUT2D eigenvalue weighted by Gasteiger charge is 2.51. The van der Waals surface area contributed by atoms with Gasteiger partial charge in [-0.25, -0.2) is 4.79 Å². The maximum Gasteiger partial charge on any atom is 0.338 e. The summed E-state index contributed by atoms with van der Waals surface area (Å²) in [5, 5.41) is 0. The second-order valence-corrected chi connectivity index (χ2v) is 10.6. The van der Waals surface area contributed by atoms with Crippen LogP contribution < -0.4 is 9.64 Å². The van der Waals surface area contributed by atoms with Crippen LogP contribution in [-0.4, -0.2) is 5.97 Å². The average molecular weight is 508 g/mol. The Morgan fingerprint density at radius 3 is 1.87 bits per heavy atom. The zero-order valence-corrected chi connectivity index (χ0v) is 21.7. The number of carbonyl (C=O) groups excluding carboxylic acids is 1. The van der Waals surface area contributed by atoms with Crippen LogP contribution in [0, 0.1) is 13.8 Å². The van der Waals surface area contributed by atoms with Crippen LogP contribution >= 0.6 is 0 Å². The first-order chi connectivity index (χ1) is 19.1. The number of ether oxygens (including phenoxy) is 2. The van der Waals surface area contributed by atoms with E-state index >= 15 is 0 Å². The molecule has 0 N–H and O–H groups in total. The van der Waals surface area contributed by atoms with Crippen molar-refractivity contribution in [3.8, 4) is 11.5 Å². The van der Waals surface area contributed by atoms with E-state index in [-0.39, 0.29) is 5.97 Å². The molecule has 0 unspecified atom stereocenters. The number of benzene rings is 5. The monoisotopic (exact) mass is 507 g/mol. The zero-order chi connectivity index (χ0) is 26.3. The van der Waals surface area contributed by atoms with Gasteiger partial charge in [-0.05, 0) is 67.4 Å². The van der Waals surface area contributed by atoms with E-state index in [9.17, 15) is 4.79 Å². The van der Waals surface area contributed by atoms with Crippen molar-refractivity contribution in [2.24, 2.45) is 0 Å². The van der Waals surface area contributed by atoms with Crippen LogP contribution in [0.15, 0.2) is 103 Å². The Morgan fingerprint density at radius 1 is 0.667 bits per heavy atom. The summed E-state index contributed by atoms with van der Waals surface area (Å²) < 4.78 is 11.8. The van der Waals surface area contributed by atoms with Crippen molar-refractivity contribution in [3.63, 3.8) is 0 Å². The van der Waals surface area contributed by atoms with E-state index in [1.54, 1.807) is 0 Å². The van der Waals surface area contributed by atoms with E-state index in [0.29, 0.717) is 12.2 Å². The van der Waals surface area contributed by atoms with Gasteiger partial charge in [-0.2, -0.15) is 0 Å². The summed E-state index contributed by atoms with van der Waals surface area (Å²) in [4.78, 5) is 14.5. The van der Waals surface area contributed by atoms with E-state index in [2.05, 4.69) is 97.6 Å². The molecule has 4 nitrogen and oxygen atoms in total. The maximum absolute atomic E-state index is 12.2. The van der Waals surface area contributed by atoms with E-state index in [0.717, 1.165) is 45.3 Å². The Kier molecular flexibility index (Phi) is 4.46.